The van der Waals surface area contributed by atoms with Gasteiger partial charge in [0.2, 0.25) is 27.7 Å². The number of imide groups is 1. The smallest absolute Gasteiger partial charge is 0.244 e. The number of rotatable bonds is 5. The average Bonchev–Trinajstić information content (AvgIpc) is 2.99. The second-order valence-electron chi connectivity index (χ2n) is 7.96. The van der Waals surface area contributed by atoms with Gasteiger partial charge in [-0.1, -0.05) is 24.6 Å². The molecule has 0 radical (unpaired) electrons. The monoisotopic (exact) mass is 431 g/mol. The van der Waals surface area contributed by atoms with E-state index in [-0.39, 0.29) is 35.1 Å². The Morgan fingerprint density at radius 2 is 1.63 bits per heavy atom. The molecule has 2 atom stereocenters. The summed E-state index contributed by atoms with van der Waals surface area (Å²) in [4.78, 5) is 38.6. The molecule has 3 aliphatic rings. The number of carbonyl (C=O) groups excluding carboxylic acids is 3. The van der Waals surface area contributed by atoms with Crippen LogP contribution in [0.25, 0.3) is 0 Å². The van der Waals surface area contributed by atoms with Crippen LogP contribution in [0.4, 0.5) is 5.69 Å². The van der Waals surface area contributed by atoms with Crippen molar-refractivity contribution in [2.75, 3.05) is 25.0 Å². The Kier molecular flexibility index (Phi) is 5.75. The predicted molar refractivity (Wildman–Crippen MR) is 110 cm³/mol. The van der Waals surface area contributed by atoms with E-state index in [1.54, 1.807) is 12.1 Å². The van der Waals surface area contributed by atoms with Crippen LogP contribution in [0.3, 0.4) is 0 Å². The van der Waals surface area contributed by atoms with Crippen LogP contribution in [-0.4, -0.2) is 55.0 Å². The molecule has 2 unspecified atom stereocenters. The molecule has 2 heterocycles. The normalized spacial score (nSPS) is 24.7. The summed E-state index contributed by atoms with van der Waals surface area (Å²) in [7, 11) is -3.62. The van der Waals surface area contributed by atoms with Crippen molar-refractivity contribution in [2.24, 2.45) is 11.8 Å². The highest BCUT2D eigenvalue weighted by Gasteiger charge is 2.47. The van der Waals surface area contributed by atoms with E-state index in [0.29, 0.717) is 31.6 Å². The van der Waals surface area contributed by atoms with Gasteiger partial charge < -0.3 is 5.32 Å². The number of hydrogen-bond donors (Lipinski definition) is 1. The van der Waals surface area contributed by atoms with Crippen molar-refractivity contribution < 1.29 is 22.8 Å². The molecule has 160 valence electrons. The zero-order valence-electron chi connectivity index (χ0n) is 16.6. The Morgan fingerprint density at radius 3 is 2.27 bits per heavy atom. The molecule has 8 nitrogen and oxygen atoms in total. The van der Waals surface area contributed by atoms with Crippen molar-refractivity contribution in [3.8, 4) is 0 Å². The first-order chi connectivity index (χ1) is 14.4. The number of likely N-dealkylation sites (tertiary alicyclic amines) is 1. The lowest BCUT2D eigenvalue weighted by Gasteiger charge is -2.26. The highest BCUT2D eigenvalue weighted by Crippen LogP contribution is 2.34. The molecule has 1 aromatic rings. The van der Waals surface area contributed by atoms with Gasteiger partial charge in [0, 0.05) is 18.8 Å². The second-order valence-corrected chi connectivity index (χ2v) is 9.90. The summed E-state index contributed by atoms with van der Waals surface area (Å²) in [6, 6.07) is 6.08. The molecule has 0 saturated carbocycles. The first-order valence-electron chi connectivity index (χ1n) is 10.3. The molecule has 30 heavy (non-hydrogen) atoms. The molecular formula is C21H25N3O5S. The summed E-state index contributed by atoms with van der Waals surface area (Å²) >= 11 is 0. The standard InChI is InChI=1S/C21H25N3O5S/c25-19(14-24-20(26)17-9-2-3-10-18(17)21(24)27)22-15-7-6-8-16(13-15)30(28,29)23-11-4-1-5-12-23/h2-3,6-8,13,17-18H,1,4-5,9-12,14H2,(H,22,25). The summed E-state index contributed by atoms with van der Waals surface area (Å²) in [5, 5.41) is 2.62. The molecule has 1 N–H and O–H groups in total. The fourth-order valence-corrected chi connectivity index (χ4v) is 5.92. The first-order valence-corrected chi connectivity index (χ1v) is 11.7. The predicted octanol–water partition coefficient (Wildman–Crippen LogP) is 1.75. The van der Waals surface area contributed by atoms with Gasteiger partial charge in [-0.25, -0.2) is 8.42 Å². The van der Waals surface area contributed by atoms with Gasteiger partial charge in [-0.15, -0.1) is 0 Å². The van der Waals surface area contributed by atoms with Crippen LogP contribution in [0.15, 0.2) is 41.3 Å². The molecule has 1 aromatic carbocycles. The van der Waals surface area contributed by atoms with E-state index < -0.39 is 15.9 Å². The fourth-order valence-electron chi connectivity index (χ4n) is 4.36. The quantitative estimate of drug-likeness (QED) is 0.565. The molecule has 2 fully saturated rings. The lowest BCUT2D eigenvalue weighted by molar-refractivity contribution is -0.142. The van der Waals surface area contributed by atoms with Crippen LogP contribution in [-0.2, 0) is 24.4 Å². The van der Waals surface area contributed by atoms with E-state index in [1.807, 2.05) is 12.2 Å². The van der Waals surface area contributed by atoms with Crippen LogP contribution >= 0.6 is 0 Å². The molecule has 0 spiro atoms. The van der Waals surface area contributed by atoms with E-state index in [9.17, 15) is 22.8 Å². The number of hydrogen-bond acceptors (Lipinski definition) is 5. The Labute approximate surface area is 176 Å². The van der Waals surface area contributed by atoms with Crippen molar-refractivity contribution in [1.82, 2.24) is 9.21 Å². The summed E-state index contributed by atoms with van der Waals surface area (Å²) in [6.45, 7) is 0.623. The van der Waals surface area contributed by atoms with Crippen molar-refractivity contribution in [3.05, 3.63) is 36.4 Å². The minimum absolute atomic E-state index is 0.118. The maximum absolute atomic E-state index is 12.8. The molecule has 0 aromatic heterocycles. The van der Waals surface area contributed by atoms with E-state index in [0.717, 1.165) is 24.2 Å². The topological polar surface area (TPSA) is 104 Å². The zero-order valence-corrected chi connectivity index (χ0v) is 17.4. The number of carbonyl (C=O) groups is 3. The van der Waals surface area contributed by atoms with E-state index in [4.69, 9.17) is 0 Å². The molecule has 9 heteroatoms. The third kappa shape index (κ3) is 3.91. The summed E-state index contributed by atoms with van der Waals surface area (Å²) < 4.78 is 27.2. The van der Waals surface area contributed by atoms with E-state index in [1.165, 1.54) is 16.4 Å². The number of nitrogens with one attached hydrogen (secondary N) is 1. The fraction of sp³-hybridized carbons (Fsp3) is 0.476. The SMILES string of the molecule is O=C(CN1C(=O)C2CC=CCC2C1=O)Nc1cccc(S(=O)(=O)N2CCCCC2)c1. The van der Waals surface area contributed by atoms with Crippen molar-refractivity contribution >= 4 is 33.4 Å². The first kappa shape index (κ1) is 20.7. The number of nitrogens with zero attached hydrogens (tertiary/aromatic N) is 2. The van der Waals surface area contributed by atoms with Crippen molar-refractivity contribution in [3.63, 3.8) is 0 Å². The minimum atomic E-state index is -3.62. The van der Waals surface area contributed by atoms with E-state index >= 15 is 0 Å². The number of benzene rings is 1. The van der Waals surface area contributed by atoms with Gasteiger partial charge in [-0.2, -0.15) is 4.31 Å². The highest BCUT2D eigenvalue weighted by molar-refractivity contribution is 7.89. The maximum atomic E-state index is 12.8. The molecule has 0 bridgehead atoms. The molecule has 2 aliphatic heterocycles. The van der Waals surface area contributed by atoms with Crippen LogP contribution in [0.2, 0.25) is 0 Å². The lowest BCUT2D eigenvalue weighted by Crippen LogP contribution is -2.38. The number of sulfonamides is 1. The van der Waals surface area contributed by atoms with Gasteiger partial charge in [0.05, 0.1) is 16.7 Å². The van der Waals surface area contributed by atoms with Gasteiger partial charge >= 0.3 is 0 Å². The van der Waals surface area contributed by atoms with Gasteiger partial charge in [-0.3, -0.25) is 19.3 Å². The summed E-state index contributed by atoms with van der Waals surface area (Å²) in [6.07, 6.45) is 7.52. The minimum Gasteiger partial charge on any atom is -0.324 e. The van der Waals surface area contributed by atoms with Crippen LogP contribution in [0.1, 0.15) is 32.1 Å². The van der Waals surface area contributed by atoms with Gasteiger partial charge in [0.1, 0.15) is 6.54 Å². The van der Waals surface area contributed by atoms with Crippen LogP contribution in [0, 0.1) is 11.8 Å². The third-order valence-corrected chi connectivity index (χ3v) is 7.87. The molecular weight excluding hydrogens is 406 g/mol. The molecule has 2 saturated heterocycles. The maximum Gasteiger partial charge on any atom is 0.244 e. The summed E-state index contributed by atoms with van der Waals surface area (Å²) in [5.74, 6) is -1.92. The zero-order chi connectivity index (χ0) is 21.3. The Bertz CT molecular complexity index is 972. The Hall–Kier alpha value is -2.52. The Balaban J connectivity index is 1.43. The van der Waals surface area contributed by atoms with Crippen molar-refractivity contribution in [1.29, 1.82) is 0 Å². The van der Waals surface area contributed by atoms with E-state index in [2.05, 4.69) is 5.32 Å². The van der Waals surface area contributed by atoms with Crippen LogP contribution < -0.4 is 5.32 Å². The summed E-state index contributed by atoms with van der Waals surface area (Å²) in [5.41, 5.74) is 0.316. The average molecular weight is 432 g/mol. The molecule has 3 amide bonds. The van der Waals surface area contributed by atoms with Crippen LogP contribution in [0.5, 0.6) is 0 Å². The lowest BCUT2D eigenvalue weighted by atomic mass is 9.85. The van der Waals surface area contributed by atoms with Gasteiger partial charge in [-0.05, 0) is 43.9 Å². The van der Waals surface area contributed by atoms with Gasteiger partial charge in [0.25, 0.3) is 0 Å². The number of anilines is 1. The number of allylic oxidation sites excluding steroid dienone is 2. The van der Waals surface area contributed by atoms with Crippen molar-refractivity contribution in [2.45, 2.75) is 37.0 Å². The number of amides is 3. The molecule has 1 aliphatic carbocycles. The largest absolute Gasteiger partial charge is 0.324 e. The third-order valence-electron chi connectivity index (χ3n) is 5.97. The Morgan fingerprint density at radius 1 is 1.00 bits per heavy atom. The number of fused-ring (bicyclic) bond motifs is 1. The highest BCUT2D eigenvalue weighted by atomic mass is 32.2. The van der Waals surface area contributed by atoms with Gasteiger partial charge in [0.15, 0.2) is 0 Å². The second kappa shape index (κ2) is 8.31. The molecule has 4 rings (SSSR count). The number of piperidine rings is 1.